The fraction of sp³-hybridized carbons (Fsp3) is 0.333. The van der Waals surface area contributed by atoms with Crippen LogP contribution >= 0.6 is 0 Å². The van der Waals surface area contributed by atoms with Crippen molar-refractivity contribution in [2.24, 2.45) is 0 Å². The Balaban J connectivity index is 3.11. The smallest absolute Gasteiger partial charge is 0.334 e. The van der Waals surface area contributed by atoms with Crippen LogP contribution in [-0.4, -0.2) is 11.4 Å². The van der Waals surface area contributed by atoms with Gasteiger partial charge in [0.25, 0.3) is 5.91 Å². The SMILES string of the molecule is CC(C)(C#N)NC(=O)c1ccc(F)c(C(F)(F)F)c1. The molecule has 1 rings (SSSR count). The maximum Gasteiger partial charge on any atom is 0.419 e. The van der Waals surface area contributed by atoms with E-state index in [0.29, 0.717) is 12.1 Å². The molecule has 1 amide bonds. The Kier molecular flexibility index (Phi) is 3.84. The number of alkyl halides is 3. The van der Waals surface area contributed by atoms with Crippen LogP contribution < -0.4 is 5.32 Å². The molecule has 0 saturated carbocycles. The van der Waals surface area contributed by atoms with Crippen LogP contribution in [0.5, 0.6) is 0 Å². The summed E-state index contributed by atoms with van der Waals surface area (Å²) in [5.74, 6) is -2.33. The van der Waals surface area contributed by atoms with Gasteiger partial charge in [-0.2, -0.15) is 18.4 Å². The van der Waals surface area contributed by atoms with Crippen LogP contribution in [0.15, 0.2) is 18.2 Å². The van der Waals surface area contributed by atoms with Crippen LogP contribution in [0.2, 0.25) is 0 Å². The van der Waals surface area contributed by atoms with Crippen LogP contribution in [0, 0.1) is 17.1 Å². The summed E-state index contributed by atoms with van der Waals surface area (Å²) >= 11 is 0. The van der Waals surface area contributed by atoms with Gasteiger partial charge in [-0.1, -0.05) is 0 Å². The summed E-state index contributed by atoms with van der Waals surface area (Å²) in [4.78, 5) is 11.7. The van der Waals surface area contributed by atoms with Crippen molar-refractivity contribution in [2.45, 2.75) is 25.6 Å². The molecule has 0 radical (unpaired) electrons. The second-order valence-electron chi connectivity index (χ2n) is 4.38. The van der Waals surface area contributed by atoms with Crippen molar-refractivity contribution in [3.05, 3.63) is 35.1 Å². The average Bonchev–Trinajstić information content (AvgIpc) is 2.27. The molecule has 102 valence electrons. The molecule has 0 aliphatic rings. The molecule has 0 saturated heterocycles. The molecule has 19 heavy (non-hydrogen) atoms. The molecule has 0 unspecified atom stereocenters. The number of carbonyl (C=O) groups excluding carboxylic acids is 1. The lowest BCUT2D eigenvalue weighted by atomic mass is 10.1. The van der Waals surface area contributed by atoms with Crippen molar-refractivity contribution in [3.63, 3.8) is 0 Å². The van der Waals surface area contributed by atoms with Crippen LogP contribution in [0.3, 0.4) is 0 Å². The fourth-order valence-corrected chi connectivity index (χ4v) is 1.27. The Morgan fingerprint density at radius 1 is 1.32 bits per heavy atom. The predicted octanol–water partition coefficient (Wildman–Crippen LogP) is 2.88. The number of nitrogens with one attached hydrogen (secondary N) is 1. The minimum Gasteiger partial charge on any atom is -0.334 e. The number of halogens is 4. The quantitative estimate of drug-likeness (QED) is 0.843. The average molecular weight is 274 g/mol. The van der Waals surface area contributed by atoms with Gasteiger partial charge in [-0.25, -0.2) is 4.39 Å². The Morgan fingerprint density at radius 2 is 1.89 bits per heavy atom. The van der Waals surface area contributed by atoms with E-state index in [0.717, 1.165) is 6.07 Å². The monoisotopic (exact) mass is 274 g/mol. The lowest BCUT2D eigenvalue weighted by Gasteiger charge is -2.18. The summed E-state index contributed by atoms with van der Waals surface area (Å²) in [6.07, 6.45) is -4.88. The number of nitriles is 1. The summed E-state index contributed by atoms with van der Waals surface area (Å²) in [7, 11) is 0. The fourth-order valence-electron chi connectivity index (χ4n) is 1.27. The second kappa shape index (κ2) is 4.88. The highest BCUT2D eigenvalue weighted by atomic mass is 19.4. The van der Waals surface area contributed by atoms with E-state index in [1.165, 1.54) is 13.8 Å². The third-order valence-corrected chi connectivity index (χ3v) is 2.24. The van der Waals surface area contributed by atoms with Crippen LogP contribution in [-0.2, 0) is 6.18 Å². The summed E-state index contributed by atoms with van der Waals surface area (Å²) in [5, 5.41) is 10.9. The van der Waals surface area contributed by atoms with Gasteiger partial charge in [0.15, 0.2) is 0 Å². The highest BCUT2D eigenvalue weighted by molar-refractivity contribution is 5.95. The number of rotatable bonds is 2. The first kappa shape index (κ1) is 15.0. The van der Waals surface area contributed by atoms with E-state index in [4.69, 9.17) is 5.26 Å². The highest BCUT2D eigenvalue weighted by Crippen LogP contribution is 2.31. The van der Waals surface area contributed by atoms with Crippen molar-refractivity contribution in [2.75, 3.05) is 0 Å². The third kappa shape index (κ3) is 3.68. The van der Waals surface area contributed by atoms with Gasteiger partial charge >= 0.3 is 6.18 Å². The Labute approximate surface area is 106 Å². The zero-order valence-corrected chi connectivity index (χ0v) is 10.1. The molecule has 1 aromatic rings. The summed E-state index contributed by atoms with van der Waals surface area (Å²) in [5.41, 5.74) is -3.11. The van der Waals surface area contributed by atoms with Gasteiger partial charge in [-0.15, -0.1) is 0 Å². The molecule has 0 atom stereocenters. The number of nitrogens with zero attached hydrogens (tertiary/aromatic N) is 1. The molecule has 0 bridgehead atoms. The largest absolute Gasteiger partial charge is 0.419 e. The number of amides is 1. The van der Waals surface area contributed by atoms with E-state index in [-0.39, 0.29) is 5.56 Å². The van der Waals surface area contributed by atoms with Crippen molar-refractivity contribution < 1.29 is 22.4 Å². The number of benzene rings is 1. The molecule has 1 N–H and O–H groups in total. The molecule has 0 fully saturated rings. The van der Waals surface area contributed by atoms with Crippen molar-refractivity contribution in [3.8, 4) is 6.07 Å². The Morgan fingerprint density at radius 3 is 2.37 bits per heavy atom. The van der Waals surface area contributed by atoms with Crippen molar-refractivity contribution in [1.82, 2.24) is 5.32 Å². The van der Waals surface area contributed by atoms with Gasteiger partial charge < -0.3 is 5.32 Å². The molecule has 0 aromatic heterocycles. The van der Waals surface area contributed by atoms with Gasteiger partial charge in [0, 0.05) is 5.56 Å². The molecule has 7 heteroatoms. The van der Waals surface area contributed by atoms with Crippen molar-refractivity contribution in [1.29, 1.82) is 5.26 Å². The zero-order chi connectivity index (χ0) is 14.8. The minimum absolute atomic E-state index is 0.364. The minimum atomic E-state index is -4.88. The highest BCUT2D eigenvalue weighted by Gasteiger charge is 2.35. The van der Waals surface area contributed by atoms with Crippen molar-refractivity contribution >= 4 is 5.91 Å². The van der Waals surface area contributed by atoms with E-state index in [1.54, 1.807) is 6.07 Å². The molecule has 0 aliphatic heterocycles. The standard InChI is InChI=1S/C12H10F4N2O/c1-11(2,6-17)18-10(19)7-3-4-9(13)8(5-7)12(14,15)16/h3-5H,1-2H3,(H,18,19). The molecule has 1 aromatic carbocycles. The van der Waals surface area contributed by atoms with Gasteiger partial charge in [-0.05, 0) is 32.0 Å². The first-order valence-electron chi connectivity index (χ1n) is 5.17. The summed E-state index contributed by atoms with van der Waals surface area (Å²) in [6, 6.07) is 3.68. The topological polar surface area (TPSA) is 52.9 Å². The maximum absolute atomic E-state index is 13.0. The maximum atomic E-state index is 13.0. The molecular formula is C12H10F4N2O. The van der Waals surface area contributed by atoms with E-state index < -0.39 is 29.0 Å². The van der Waals surface area contributed by atoms with Gasteiger partial charge in [-0.3, -0.25) is 4.79 Å². The molecular weight excluding hydrogens is 264 g/mol. The molecule has 0 spiro atoms. The zero-order valence-electron chi connectivity index (χ0n) is 10.1. The van der Waals surface area contributed by atoms with E-state index >= 15 is 0 Å². The normalized spacial score (nSPS) is 11.8. The number of hydrogen-bond acceptors (Lipinski definition) is 2. The van der Waals surface area contributed by atoms with Gasteiger partial charge in [0.2, 0.25) is 0 Å². The van der Waals surface area contributed by atoms with Crippen LogP contribution in [0.25, 0.3) is 0 Å². The Bertz CT molecular complexity index is 544. The van der Waals surface area contributed by atoms with Crippen LogP contribution in [0.1, 0.15) is 29.8 Å². The van der Waals surface area contributed by atoms with Crippen LogP contribution in [0.4, 0.5) is 17.6 Å². The Hall–Kier alpha value is -2.10. The third-order valence-electron chi connectivity index (χ3n) is 2.24. The van der Waals surface area contributed by atoms with E-state index in [1.807, 2.05) is 0 Å². The summed E-state index contributed by atoms with van der Waals surface area (Å²) < 4.78 is 50.4. The van der Waals surface area contributed by atoms with Gasteiger partial charge in [0.05, 0.1) is 11.6 Å². The van der Waals surface area contributed by atoms with Gasteiger partial charge in [0.1, 0.15) is 11.4 Å². The first-order chi connectivity index (χ1) is 8.57. The predicted molar refractivity (Wildman–Crippen MR) is 58.6 cm³/mol. The number of carbonyl (C=O) groups is 1. The van der Waals surface area contributed by atoms with E-state index in [2.05, 4.69) is 5.32 Å². The molecule has 0 heterocycles. The first-order valence-corrected chi connectivity index (χ1v) is 5.17. The summed E-state index contributed by atoms with van der Waals surface area (Å²) in [6.45, 7) is 2.78. The lowest BCUT2D eigenvalue weighted by molar-refractivity contribution is -0.140. The lowest BCUT2D eigenvalue weighted by Crippen LogP contribution is -2.42. The molecule has 3 nitrogen and oxygen atoms in total. The van der Waals surface area contributed by atoms with E-state index in [9.17, 15) is 22.4 Å². The molecule has 0 aliphatic carbocycles. The second-order valence-corrected chi connectivity index (χ2v) is 4.38. The number of hydrogen-bond donors (Lipinski definition) is 1.